The minimum absolute atomic E-state index is 0.115. The number of amides is 1. The Morgan fingerprint density at radius 3 is 2.17 bits per heavy atom. The van der Waals surface area contributed by atoms with E-state index in [4.69, 9.17) is 0 Å². The maximum Gasteiger partial charge on any atom is 0.219 e. The predicted octanol–water partition coefficient (Wildman–Crippen LogP) is 3.61. The van der Waals surface area contributed by atoms with E-state index in [0.29, 0.717) is 12.1 Å². The lowest BCUT2D eigenvalue weighted by Crippen LogP contribution is -2.64. The van der Waals surface area contributed by atoms with Crippen molar-refractivity contribution in [2.24, 2.45) is 0 Å². The second kappa shape index (κ2) is 8.18. The molecule has 1 fully saturated rings. The van der Waals surface area contributed by atoms with Gasteiger partial charge >= 0.3 is 0 Å². The van der Waals surface area contributed by atoms with Crippen LogP contribution in [0.15, 0.2) is 0 Å². The number of piperidine rings is 1. The molecule has 1 aliphatic heterocycles. The van der Waals surface area contributed by atoms with Crippen LogP contribution in [0.1, 0.15) is 74.7 Å². The third kappa shape index (κ3) is 4.72. The summed E-state index contributed by atoms with van der Waals surface area (Å²) in [7, 11) is 2.25. The molecule has 2 atom stereocenters. The predicted molar refractivity (Wildman–Crippen MR) is 103 cm³/mol. The molecule has 0 bridgehead atoms. The first kappa shape index (κ1) is 21.4. The zero-order valence-corrected chi connectivity index (χ0v) is 17.6. The number of carbonyl (C=O) groups is 1. The number of hydrogen-bond donors (Lipinski definition) is 0. The number of rotatable bonds is 7. The molecule has 4 heteroatoms. The van der Waals surface area contributed by atoms with Crippen LogP contribution in [-0.2, 0) is 4.79 Å². The second-order valence-corrected chi connectivity index (χ2v) is 8.72. The van der Waals surface area contributed by atoms with Crippen LogP contribution in [0.4, 0.5) is 0 Å². The molecular formula is C20H41N3O. The van der Waals surface area contributed by atoms with Crippen molar-refractivity contribution in [2.75, 3.05) is 26.7 Å². The monoisotopic (exact) mass is 339 g/mol. The van der Waals surface area contributed by atoms with Gasteiger partial charge in [0, 0.05) is 43.2 Å². The largest absolute Gasteiger partial charge is 0.339 e. The van der Waals surface area contributed by atoms with Gasteiger partial charge in [-0.2, -0.15) is 0 Å². The van der Waals surface area contributed by atoms with E-state index >= 15 is 0 Å². The Kier molecular flexibility index (Phi) is 7.30. The molecule has 0 N–H and O–H groups in total. The van der Waals surface area contributed by atoms with Crippen molar-refractivity contribution in [3.05, 3.63) is 0 Å². The molecule has 0 saturated carbocycles. The first-order chi connectivity index (χ1) is 11.0. The third-order valence-electron chi connectivity index (χ3n) is 6.50. The molecule has 1 aliphatic rings. The zero-order valence-electron chi connectivity index (χ0n) is 17.6. The summed E-state index contributed by atoms with van der Waals surface area (Å²) in [5.74, 6) is 0.221. The summed E-state index contributed by atoms with van der Waals surface area (Å²) >= 11 is 0. The lowest BCUT2D eigenvalue weighted by atomic mass is 9.74. The minimum atomic E-state index is 0.115. The van der Waals surface area contributed by atoms with Crippen LogP contribution >= 0.6 is 0 Å². The van der Waals surface area contributed by atoms with Gasteiger partial charge in [0.25, 0.3) is 0 Å². The van der Waals surface area contributed by atoms with E-state index in [1.807, 2.05) is 0 Å². The van der Waals surface area contributed by atoms with Crippen LogP contribution in [0.2, 0.25) is 0 Å². The van der Waals surface area contributed by atoms with Gasteiger partial charge in [0.15, 0.2) is 0 Å². The second-order valence-electron chi connectivity index (χ2n) is 8.72. The van der Waals surface area contributed by atoms with E-state index in [-0.39, 0.29) is 17.0 Å². The Balaban J connectivity index is 2.94. The molecule has 142 valence electrons. The summed E-state index contributed by atoms with van der Waals surface area (Å²) in [6, 6.07) is 0.864. The molecule has 0 aromatic rings. The Hall–Kier alpha value is -0.610. The molecule has 0 aromatic carbocycles. The summed E-state index contributed by atoms with van der Waals surface area (Å²) in [5, 5.41) is 0. The molecule has 2 unspecified atom stereocenters. The Bertz CT molecular complexity index is 421. The number of likely N-dealkylation sites (tertiary alicyclic amines) is 1. The van der Waals surface area contributed by atoms with Gasteiger partial charge in [-0.1, -0.05) is 13.8 Å². The fraction of sp³-hybridized carbons (Fsp3) is 0.950. The molecule has 1 heterocycles. The van der Waals surface area contributed by atoms with Crippen molar-refractivity contribution in [3.8, 4) is 0 Å². The number of likely N-dealkylation sites (N-methyl/N-ethyl adjacent to an activating group) is 1. The molecule has 1 amide bonds. The first-order valence-corrected chi connectivity index (χ1v) is 9.73. The molecular weight excluding hydrogens is 298 g/mol. The fourth-order valence-corrected chi connectivity index (χ4v) is 4.38. The summed E-state index contributed by atoms with van der Waals surface area (Å²) in [6.07, 6.45) is 3.23. The maximum atomic E-state index is 12.4. The topological polar surface area (TPSA) is 26.8 Å². The van der Waals surface area contributed by atoms with Crippen molar-refractivity contribution in [1.82, 2.24) is 14.7 Å². The van der Waals surface area contributed by atoms with Crippen molar-refractivity contribution >= 4 is 5.91 Å². The van der Waals surface area contributed by atoms with Crippen LogP contribution in [0, 0.1) is 0 Å². The SMILES string of the molecule is CCN(CCN(C(C)=O)C1CC(C)(C)N(C)C(C)(CC)C1)C(C)C. The van der Waals surface area contributed by atoms with Crippen LogP contribution in [-0.4, -0.2) is 70.5 Å². The summed E-state index contributed by atoms with van der Waals surface area (Å²) in [5.41, 5.74) is 0.270. The minimum Gasteiger partial charge on any atom is -0.339 e. The normalized spacial score (nSPS) is 27.7. The third-order valence-corrected chi connectivity index (χ3v) is 6.50. The lowest BCUT2D eigenvalue weighted by Gasteiger charge is -2.56. The van der Waals surface area contributed by atoms with E-state index in [1.54, 1.807) is 6.92 Å². The van der Waals surface area contributed by atoms with Gasteiger partial charge in [-0.25, -0.2) is 0 Å². The zero-order chi connectivity index (χ0) is 18.7. The van der Waals surface area contributed by atoms with E-state index in [2.05, 4.69) is 70.2 Å². The van der Waals surface area contributed by atoms with Gasteiger partial charge in [-0.15, -0.1) is 0 Å². The molecule has 24 heavy (non-hydrogen) atoms. The van der Waals surface area contributed by atoms with Crippen molar-refractivity contribution in [1.29, 1.82) is 0 Å². The van der Waals surface area contributed by atoms with Gasteiger partial charge in [0.1, 0.15) is 0 Å². The van der Waals surface area contributed by atoms with Crippen molar-refractivity contribution in [3.63, 3.8) is 0 Å². The van der Waals surface area contributed by atoms with Gasteiger partial charge in [-0.3, -0.25) is 14.6 Å². The Morgan fingerprint density at radius 1 is 1.17 bits per heavy atom. The van der Waals surface area contributed by atoms with E-state index < -0.39 is 0 Å². The van der Waals surface area contributed by atoms with Crippen LogP contribution in [0.25, 0.3) is 0 Å². The van der Waals surface area contributed by atoms with Crippen LogP contribution in [0.3, 0.4) is 0 Å². The number of carbonyl (C=O) groups excluding carboxylic acids is 1. The standard InChI is InChI=1S/C20H41N3O/c1-10-20(8)15-18(14-19(6,7)21(20)9)23(17(5)24)13-12-22(11-2)16(3)4/h16,18H,10-15H2,1-9H3. The van der Waals surface area contributed by atoms with Crippen molar-refractivity contribution < 1.29 is 4.79 Å². The van der Waals surface area contributed by atoms with E-state index in [9.17, 15) is 4.79 Å². The fourth-order valence-electron chi connectivity index (χ4n) is 4.38. The molecule has 4 nitrogen and oxygen atoms in total. The van der Waals surface area contributed by atoms with Gasteiger partial charge in [0.2, 0.25) is 5.91 Å². The molecule has 1 rings (SSSR count). The molecule has 0 aliphatic carbocycles. The van der Waals surface area contributed by atoms with Gasteiger partial charge in [-0.05, 0) is 67.5 Å². The van der Waals surface area contributed by atoms with Gasteiger partial charge in [0.05, 0.1) is 0 Å². The highest BCUT2D eigenvalue weighted by atomic mass is 16.2. The van der Waals surface area contributed by atoms with Gasteiger partial charge < -0.3 is 4.90 Å². The van der Waals surface area contributed by atoms with Crippen LogP contribution in [0.5, 0.6) is 0 Å². The highest BCUT2D eigenvalue weighted by molar-refractivity contribution is 5.73. The average Bonchev–Trinajstić information content (AvgIpc) is 2.48. The summed E-state index contributed by atoms with van der Waals surface area (Å²) in [4.78, 5) is 19.5. The first-order valence-electron chi connectivity index (χ1n) is 9.73. The molecule has 0 spiro atoms. The Morgan fingerprint density at radius 2 is 1.75 bits per heavy atom. The number of nitrogens with zero attached hydrogens (tertiary/aromatic N) is 3. The highest BCUT2D eigenvalue weighted by Gasteiger charge is 2.46. The quantitative estimate of drug-likeness (QED) is 0.709. The van der Waals surface area contributed by atoms with E-state index in [0.717, 1.165) is 38.9 Å². The smallest absolute Gasteiger partial charge is 0.219 e. The van der Waals surface area contributed by atoms with Crippen molar-refractivity contribution in [2.45, 2.75) is 97.8 Å². The lowest BCUT2D eigenvalue weighted by molar-refractivity contribution is -0.136. The van der Waals surface area contributed by atoms with Crippen LogP contribution < -0.4 is 0 Å². The average molecular weight is 340 g/mol. The molecule has 0 aromatic heterocycles. The molecule has 1 saturated heterocycles. The van der Waals surface area contributed by atoms with E-state index in [1.165, 1.54) is 0 Å². The maximum absolute atomic E-state index is 12.4. The molecule has 0 radical (unpaired) electrons. The summed E-state index contributed by atoms with van der Waals surface area (Å²) in [6.45, 7) is 20.5. The Labute approximate surface area is 150 Å². The summed E-state index contributed by atoms with van der Waals surface area (Å²) < 4.78 is 0. The number of hydrogen-bond acceptors (Lipinski definition) is 3. The highest BCUT2D eigenvalue weighted by Crippen LogP contribution is 2.40.